The molecule has 1 aliphatic rings. The maximum Gasteiger partial charge on any atom is 0.229 e. The molecular weight excluding hydrogens is 200 g/mol. The highest BCUT2D eigenvalue weighted by molar-refractivity contribution is 5.82. The second kappa shape index (κ2) is 5.67. The zero-order chi connectivity index (χ0) is 12.2. The molecule has 0 heterocycles. The van der Waals surface area contributed by atoms with Crippen molar-refractivity contribution in [1.82, 2.24) is 4.90 Å². The lowest BCUT2D eigenvalue weighted by molar-refractivity contribution is -0.142. The molecule has 2 N–H and O–H groups in total. The second-order valence-corrected chi connectivity index (χ2v) is 5.39. The molecule has 0 aromatic heterocycles. The number of carbonyl (C=O) groups excluding carboxylic acids is 1. The summed E-state index contributed by atoms with van der Waals surface area (Å²) in [6, 6.07) is 0. The van der Waals surface area contributed by atoms with Gasteiger partial charge in [-0.1, -0.05) is 13.8 Å². The number of hydrogen-bond acceptors (Lipinski definition) is 2. The van der Waals surface area contributed by atoms with Crippen LogP contribution in [0.2, 0.25) is 0 Å². The van der Waals surface area contributed by atoms with E-state index in [-0.39, 0.29) is 11.3 Å². The van der Waals surface area contributed by atoms with Crippen LogP contribution in [-0.4, -0.2) is 30.9 Å². The first-order chi connectivity index (χ1) is 7.55. The van der Waals surface area contributed by atoms with Gasteiger partial charge in [0.25, 0.3) is 0 Å². The Kier molecular flexibility index (Phi) is 4.78. The summed E-state index contributed by atoms with van der Waals surface area (Å²) in [6.45, 7) is 5.71. The van der Waals surface area contributed by atoms with E-state index < -0.39 is 0 Å². The van der Waals surface area contributed by atoms with Gasteiger partial charge in [-0.15, -0.1) is 0 Å². The van der Waals surface area contributed by atoms with E-state index in [0.29, 0.717) is 6.54 Å². The van der Waals surface area contributed by atoms with Crippen molar-refractivity contribution >= 4 is 5.91 Å². The van der Waals surface area contributed by atoms with Gasteiger partial charge in [-0.25, -0.2) is 0 Å². The van der Waals surface area contributed by atoms with Gasteiger partial charge < -0.3 is 10.6 Å². The quantitative estimate of drug-likeness (QED) is 0.797. The fraction of sp³-hybridized carbons (Fsp3) is 0.923. The smallest absolute Gasteiger partial charge is 0.229 e. The van der Waals surface area contributed by atoms with Crippen molar-refractivity contribution in [2.75, 3.05) is 20.1 Å². The fourth-order valence-corrected chi connectivity index (χ4v) is 2.66. The predicted octanol–water partition coefficient (Wildman–Crippen LogP) is 2.01. The first-order valence-corrected chi connectivity index (χ1v) is 6.51. The Morgan fingerprint density at radius 1 is 1.44 bits per heavy atom. The summed E-state index contributed by atoms with van der Waals surface area (Å²) in [5, 5.41) is 0. The van der Waals surface area contributed by atoms with Crippen molar-refractivity contribution in [1.29, 1.82) is 0 Å². The van der Waals surface area contributed by atoms with E-state index in [4.69, 9.17) is 5.73 Å². The fourth-order valence-electron chi connectivity index (χ4n) is 2.66. The molecule has 1 aliphatic carbocycles. The molecule has 0 radical (unpaired) electrons. The second-order valence-electron chi connectivity index (χ2n) is 5.39. The molecule has 0 bridgehead atoms. The van der Waals surface area contributed by atoms with Gasteiger partial charge in [0.15, 0.2) is 0 Å². The summed E-state index contributed by atoms with van der Waals surface area (Å²) in [5.41, 5.74) is 5.62. The van der Waals surface area contributed by atoms with Crippen LogP contribution in [0.4, 0.5) is 0 Å². The lowest BCUT2D eigenvalue weighted by Gasteiger charge is -2.39. The molecule has 1 amide bonds. The molecule has 0 aromatic rings. The van der Waals surface area contributed by atoms with Gasteiger partial charge in [-0.3, -0.25) is 4.79 Å². The Bertz CT molecular complexity index is 232. The normalized spacial score (nSPS) is 30.1. The van der Waals surface area contributed by atoms with Crippen LogP contribution in [0.15, 0.2) is 0 Å². The van der Waals surface area contributed by atoms with E-state index in [0.717, 1.165) is 44.6 Å². The van der Waals surface area contributed by atoms with Gasteiger partial charge in [-0.05, 0) is 38.0 Å². The first kappa shape index (κ1) is 13.5. The molecule has 0 saturated heterocycles. The SMILES string of the molecule is CCCN(C)C(=O)C1(CN)CCC(C)CC1. The Labute approximate surface area is 99.4 Å². The highest BCUT2D eigenvalue weighted by Gasteiger charge is 2.41. The minimum absolute atomic E-state index is 0.254. The van der Waals surface area contributed by atoms with Crippen molar-refractivity contribution in [2.24, 2.45) is 17.1 Å². The first-order valence-electron chi connectivity index (χ1n) is 6.51. The van der Waals surface area contributed by atoms with Crippen LogP contribution in [0.25, 0.3) is 0 Å². The molecule has 0 spiro atoms. The van der Waals surface area contributed by atoms with Gasteiger partial charge in [0.05, 0.1) is 5.41 Å². The van der Waals surface area contributed by atoms with E-state index in [9.17, 15) is 4.79 Å². The zero-order valence-electron chi connectivity index (χ0n) is 11.0. The third-order valence-corrected chi connectivity index (χ3v) is 3.98. The third kappa shape index (κ3) is 2.76. The van der Waals surface area contributed by atoms with E-state index in [1.54, 1.807) is 0 Å². The van der Waals surface area contributed by atoms with Crippen molar-refractivity contribution < 1.29 is 4.79 Å². The van der Waals surface area contributed by atoms with Crippen molar-refractivity contribution in [3.8, 4) is 0 Å². The summed E-state index contributed by atoms with van der Waals surface area (Å²) < 4.78 is 0. The molecule has 1 rings (SSSR count). The monoisotopic (exact) mass is 226 g/mol. The van der Waals surface area contributed by atoms with Crippen LogP contribution in [0.5, 0.6) is 0 Å². The molecule has 0 unspecified atom stereocenters. The summed E-state index contributed by atoms with van der Waals surface area (Å²) in [5.74, 6) is 1.02. The molecule has 1 fully saturated rings. The minimum atomic E-state index is -0.254. The van der Waals surface area contributed by atoms with Gasteiger partial charge in [0.2, 0.25) is 5.91 Å². The molecule has 94 valence electrons. The van der Waals surface area contributed by atoms with Gasteiger partial charge in [-0.2, -0.15) is 0 Å². The Morgan fingerprint density at radius 2 is 2.00 bits per heavy atom. The van der Waals surface area contributed by atoms with Gasteiger partial charge >= 0.3 is 0 Å². The highest BCUT2D eigenvalue weighted by atomic mass is 16.2. The summed E-state index contributed by atoms with van der Waals surface area (Å²) >= 11 is 0. The van der Waals surface area contributed by atoms with Crippen molar-refractivity contribution in [3.05, 3.63) is 0 Å². The van der Waals surface area contributed by atoms with E-state index in [1.807, 2.05) is 11.9 Å². The van der Waals surface area contributed by atoms with E-state index >= 15 is 0 Å². The third-order valence-electron chi connectivity index (χ3n) is 3.98. The van der Waals surface area contributed by atoms with Crippen molar-refractivity contribution in [2.45, 2.75) is 46.0 Å². The highest BCUT2D eigenvalue weighted by Crippen LogP contribution is 2.39. The van der Waals surface area contributed by atoms with Crippen LogP contribution < -0.4 is 5.73 Å². The van der Waals surface area contributed by atoms with E-state index in [2.05, 4.69) is 13.8 Å². The van der Waals surface area contributed by atoms with E-state index in [1.165, 1.54) is 0 Å². The summed E-state index contributed by atoms with van der Waals surface area (Å²) in [4.78, 5) is 14.3. The molecule has 3 nitrogen and oxygen atoms in total. The van der Waals surface area contributed by atoms with Crippen LogP contribution in [-0.2, 0) is 4.79 Å². The lowest BCUT2D eigenvalue weighted by atomic mass is 9.70. The molecular formula is C13H26N2O. The maximum absolute atomic E-state index is 12.4. The topological polar surface area (TPSA) is 46.3 Å². The Balaban J connectivity index is 2.68. The molecule has 0 atom stereocenters. The predicted molar refractivity (Wildman–Crippen MR) is 67.0 cm³/mol. The largest absolute Gasteiger partial charge is 0.345 e. The number of hydrogen-bond donors (Lipinski definition) is 1. The molecule has 3 heteroatoms. The number of rotatable bonds is 4. The Hall–Kier alpha value is -0.570. The average Bonchev–Trinajstić information content (AvgIpc) is 2.30. The van der Waals surface area contributed by atoms with Crippen LogP contribution >= 0.6 is 0 Å². The van der Waals surface area contributed by atoms with Gasteiger partial charge in [0.1, 0.15) is 0 Å². The van der Waals surface area contributed by atoms with Crippen molar-refractivity contribution in [3.63, 3.8) is 0 Å². The number of amides is 1. The molecule has 0 aromatic carbocycles. The van der Waals surface area contributed by atoms with Crippen LogP contribution in [0.3, 0.4) is 0 Å². The standard InChI is InChI=1S/C13H26N2O/c1-4-9-15(3)12(16)13(10-14)7-5-11(2)6-8-13/h11H,4-10,14H2,1-3H3. The number of nitrogens with zero attached hydrogens (tertiary/aromatic N) is 1. The maximum atomic E-state index is 12.4. The summed E-state index contributed by atoms with van der Waals surface area (Å²) in [6.07, 6.45) is 5.24. The lowest BCUT2D eigenvalue weighted by Crippen LogP contribution is -2.48. The summed E-state index contributed by atoms with van der Waals surface area (Å²) in [7, 11) is 1.90. The Morgan fingerprint density at radius 3 is 2.44 bits per heavy atom. The molecule has 0 aliphatic heterocycles. The molecule has 1 saturated carbocycles. The molecule has 16 heavy (non-hydrogen) atoms. The average molecular weight is 226 g/mol. The van der Waals surface area contributed by atoms with Crippen LogP contribution in [0, 0.1) is 11.3 Å². The number of nitrogens with two attached hydrogens (primary N) is 1. The number of carbonyl (C=O) groups is 1. The van der Waals surface area contributed by atoms with Crippen LogP contribution in [0.1, 0.15) is 46.0 Å². The van der Waals surface area contributed by atoms with Gasteiger partial charge in [0, 0.05) is 20.1 Å². The minimum Gasteiger partial charge on any atom is -0.345 e. The zero-order valence-corrected chi connectivity index (χ0v) is 11.0.